The van der Waals surface area contributed by atoms with Crippen LogP contribution in [0.3, 0.4) is 0 Å². The molecule has 20 heavy (non-hydrogen) atoms. The van der Waals surface area contributed by atoms with Gasteiger partial charge in [-0.3, -0.25) is 9.69 Å². The van der Waals surface area contributed by atoms with E-state index in [2.05, 4.69) is 37.9 Å². The topological polar surface area (TPSA) is 52.6 Å². The van der Waals surface area contributed by atoms with E-state index in [-0.39, 0.29) is 11.7 Å². The van der Waals surface area contributed by atoms with Gasteiger partial charge in [-0.2, -0.15) is 0 Å². The monoisotopic (exact) mass is 278 g/mol. The maximum atomic E-state index is 12.0. The van der Waals surface area contributed by atoms with Crippen LogP contribution in [0.25, 0.3) is 0 Å². The molecule has 4 nitrogen and oxygen atoms in total. The Hall–Kier alpha value is -1.55. The Morgan fingerprint density at radius 2 is 1.85 bits per heavy atom. The summed E-state index contributed by atoms with van der Waals surface area (Å²) in [6.07, 6.45) is 0. The van der Waals surface area contributed by atoms with Gasteiger partial charge in [-0.25, -0.2) is 0 Å². The fourth-order valence-electron chi connectivity index (χ4n) is 2.26. The van der Waals surface area contributed by atoms with Crippen LogP contribution >= 0.6 is 0 Å². The van der Waals surface area contributed by atoms with E-state index in [0.717, 1.165) is 12.1 Å². The normalized spacial score (nSPS) is 11.4. The number of hydrogen-bond donors (Lipinski definition) is 2. The van der Waals surface area contributed by atoms with Crippen LogP contribution in [0, 0.1) is 6.92 Å². The lowest BCUT2D eigenvalue weighted by Crippen LogP contribution is -2.42. The number of benzene rings is 1. The maximum Gasteiger partial charge on any atom is 0.251 e. The summed E-state index contributed by atoms with van der Waals surface area (Å²) in [7, 11) is 0. The van der Waals surface area contributed by atoms with E-state index in [9.17, 15) is 9.90 Å². The van der Waals surface area contributed by atoms with Crippen LogP contribution < -0.4 is 5.32 Å². The molecule has 0 saturated carbocycles. The van der Waals surface area contributed by atoms with Crippen molar-refractivity contribution in [3.8, 4) is 5.75 Å². The second kappa shape index (κ2) is 7.29. The number of phenolic OH excluding ortho intramolecular Hbond substituents is 1. The molecule has 0 aliphatic carbocycles. The molecule has 112 valence electrons. The minimum Gasteiger partial charge on any atom is -0.508 e. The molecule has 1 amide bonds. The van der Waals surface area contributed by atoms with Gasteiger partial charge in [0.15, 0.2) is 0 Å². The lowest BCUT2D eigenvalue weighted by Gasteiger charge is -2.30. The number of amides is 1. The lowest BCUT2D eigenvalue weighted by molar-refractivity contribution is 0.0939. The zero-order valence-electron chi connectivity index (χ0n) is 13.1. The summed E-state index contributed by atoms with van der Waals surface area (Å²) in [6.45, 7) is 11.8. The minimum absolute atomic E-state index is 0.146. The van der Waals surface area contributed by atoms with E-state index in [4.69, 9.17) is 0 Å². The molecule has 0 aliphatic heterocycles. The van der Waals surface area contributed by atoms with Crippen LogP contribution in [0.4, 0.5) is 0 Å². The number of carbonyl (C=O) groups excluding carboxylic acids is 1. The highest BCUT2D eigenvalue weighted by Gasteiger charge is 2.13. The molecule has 4 heteroatoms. The summed E-state index contributed by atoms with van der Waals surface area (Å²) >= 11 is 0. The first-order valence-electron chi connectivity index (χ1n) is 7.16. The average molecular weight is 278 g/mol. The zero-order valence-corrected chi connectivity index (χ0v) is 13.1. The first-order chi connectivity index (χ1) is 9.32. The molecule has 0 aromatic heterocycles. The van der Waals surface area contributed by atoms with E-state index >= 15 is 0 Å². The van der Waals surface area contributed by atoms with Gasteiger partial charge >= 0.3 is 0 Å². The zero-order chi connectivity index (χ0) is 15.3. The standard InChI is InChI=1S/C16H26N2O2/c1-11(2)18(12(3)4)9-8-17-16(20)14-7-6-13(5)15(19)10-14/h6-7,10-12,19H,8-9H2,1-5H3,(H,17,20). The number of rotatable bonds is 6. The Morgan fingerprint density at radius 1 is 1.25 bits per heavy atom. The lowest BCUT2D eigenvalue weighted by atomic mass is 10.1. The number of nitrogens with zero attached hydrogens (tertiary/aromatic N) is 1. The van der Waals surface area contributed by atoms with Crippen molar-refractivity contribution < 1.29 is 9.90 Å². The number of hydrogen-bond acceptors (Lipinski definition) is 3. The van der Waals surface area contributed by atoms with E-state index in [1.54, 1.807) is 19.1 Å². The van der Waals surface area contributed by atoms with Gasteiger partial charge in [0.1, 0.15) is 5.75 Å². The predicted octanol–water partition coefficient (Wildman–Crippen LogP) is 2.55. The molecule has 0 saturated heterocycles. The van der Waals surface area contributed by atoms with Crippen molar-refractivity contribution in [3.05, 3.63) is 29.3 Å². The van der Waals surface area contributed by atoms with Crippen molar-refractivity contribution in [2.75, 3.05) is 13.1 Å². The molecule has 0 spiro atoms. The average Bonchev–Trinajstić information content (AvgIpc) is 2.36. The van der Waals surface area contributed by atoms with Crippen LogP contribution in [-0.2, 0) is 0 Å². The predicted molar refractivity (Wildman–Crippen MR) is 82.2 cm³/mol. The summed E-state index contributed by atoms with van der Waals surface area (Å²) in [5, 5.41) is 12.5. The fraction of sp³-hybridized carbons (Fsp3) is 0.562. The van der Waals surface area contributed by atoms with E-state index in [1.165, 1.54) is 6.07 Å². The summed E-state index contributed by atoms with van der Waals surface area (Å²) < 4.78 is 0. The van der Waals surface area contributed by atoms with Gasteiger partial charge in [-0.05, 0) is 52.3 Å². The largest absolute Gasteiger partial charge is 0.508 e. The van der Waals surface area contributed by atoms with Gasteiger partial charge in [0.2, 0.25) is 0 Å². The van der Waals surface area contributed by atoms with Crippen molar-refractivity contribution >= 4 is 5.91 Å². The first-order valence-corrected chi connectivity index (χ1v) is 7.16. The molecule has 0 unspecified atom stereocenters. The second-order valence-electron chi connectivity index (χ2n) is 5.68. The molecule has 0 radical (unpaired) electrons. The van der Waals surface area contributed by atoms with Gasteiger partial charge < -0.3 is 10.4 Å². The number of aryl methyl sites for hydroxylation is 1. The molecule has 2 N–H and O–H groups in total. The van der Waals surface area contributed by atoms with Gasteiger partial charge in [0.25, 0.3) is 5.91 Å². The Bertz CT molecular complexity index is 448. The van der Waals surface area contributed by atoms with Crippen molar-refractivity contribution in [3.63, 3.8) is 0 Å². The molecule has 0 fully saturated rings. The molecule has 0 aliphatic rings. The molecular formula is C16H26N2O2. The van der Waals surface area contributed by atoms with Crippen molar-refractivity contribution in [2.45, 2.75) is 46.7 Å². The van der Waals surface area contributed by atoms with Gasteiger partial charge in [0.05, 0.1) is 0 Å². The fourth-order valence-corrected chi connectivity index (χ4v) is 2.26. The first kappa shape index (κ1) is 16.5. The Balaban J connectivity index is 2.53. The number of carbonyl (C=O) groups is 1. The summed E-state index contributed by atoms with van der Waals surface area (Å²) in [5.74, 6) is 0.0106. The minimum atomic E-state index is -0.146. The van der Waals surface area contributed by atoms with Crippen LogP contribution in [0.1, 0.15) is 43.6 Å². The van der Waals surface area contributed by atoms with E-state index < -0.39 is 0 Å². The van der Waals surface area contributed by atoms with Gasteiger partial charge in [0, 0.05) is 30.7 Å². The summed E-state index contributed by atoms with van der Waals surface area (Å²) in [6, 6.07) is 5.89. The molecule has 1 rings (SSSR count). The van der Waals surface area contributed by atoms with Crippen LogP contribution in [0.5, 0.6) is 5.75 Å². The van der Waals surface area contributed by atoms with Crippen LogP contribution in [-0.4, -0.2) is 41.1 Å². The van der Waals surface area contributed by atoms with E-state index in [1.807, 2.05) is 0 Å². The molecule has 1 aromatic rings. The van der Waals surface area contributed by atoms with Crippen molar-refractivity contribution in [1.82, 2.24) is 10.2 Å². The Kier molecular flexibility index (Phi) is 6.02. The Morgan fingerprint density at radius 3 is 2.35 bits per heavy atom. The highest BCUT2D eigenvalue weighted by molar-refractivity contribution is 5.94. The van der Waals surface area contributed by atoms with Crippen LogP contribution in [0.15, 0.2) is 18.2 Å². The summed E-state index contributed by atoms with van der Waals surface area (Å²) in [5.41, 5.74) is 1.26. The number of nitrogens with one attached hydrogen (secondary N) is 1. The van der Waals surface area contributed by atoms with Crippen LogP contribution in [0.2, 0.25) is 0 Å². The smallest absolute Gasteiger partial charge is 0.251 e. The highest BCUT2D eigenvalue weighted by atomic mass is 16.3. The quantitative estimate of drug-likeness (QED) is 0.841. The maximum absolute atomic E-state index is 12.0. The molecule has 1 aromatic carbocycles. The molecule has 0 heterocycles. The van der Waals surface area contributed by atoms with E-state index in [0.29, 0.717) is 24.2 Å². The Labute approximate surface area is 121 Å². The number of aromatic hydroxyl groups is 1. The highest BCUT2D eigenvalue weighted by Crippen LogP contribution is 2.17. The van der Waals surface area contributed by atoms with Crippen molar-refractivity contribution in [1.29, 1.82) is 0 Å². The van der Waals surface area contributed by atoms with Gasteiger partial charge in [-0.1, -0.05) is 6.07 Å². The molecule has 0 atom stereocenters. The second-order valence-corrected chi connectivity index (χ2v) is 5.68. The van der Waals surface area contributed by atoms with Crippen molar-refractivity contribution in [2.24, 2.45) is 0 Å². The third-order valence-corrected chi connectivity index (χ3v) is 3.45. The SMILES string of the molecule is Cc1ccc(C(=O)NCCN(C(C)C)C(C)C)cc1O. The third kappa shape index (κ3) is 4.53. The summed E-state index contributed by atoms with van der Waals surface area (Å²) in [4.78, 5) is 14.3. The number of phenols is 1. The van der Waals surface area contributed by atoms with Gasteiger partial charge in [-0.15, -0.1) is 0 Å². The third-order valence-electron chi connectivity index (χ3n) is 3.45. The molecular weight excluding hydrogens is 252 g/mol. The molecule has 0 bridgehead atoms.